The molecule has 0 saturated carbocycles. The summed E-state index contributed by atoms with van der Waals surface area (Å²) in [6.07, 6.45) is 3.88. The molecule has 2 aromatic carbocycles. The molecule has 3 aromatic rings. The molecule has 0 aliphatic carbocycles. The fourth-order valence-corrected chi connectivity index (χ4v) is 3.68. The minimum absolute atomic E-state index is 0.0393. The molecule has 2 heterocycles. The lowest BCUT2D eigenvalue weighted by Gasteiger charge is -2.19. The van der Waals surface area contributed by atoms with Gasteiger partial charge in [0.2, 0.25) is 11.8 Å². The summed E-state index contributed by atoms with van der Waals surface area (Å²) in [6, 6.07) is 15.0. The van der Waals surface area contributed by atoms with Crippen LogP contribution in [0.4, 0.5) is 5.69 Å². The van der Waals surface area contributed by atoms with Crippen LogP contribution in [0.1, 0.15) is 27.9 Å². The summed E-state index contributed by atoms with van der Waals surface area (Å²) in [5.41, 5.74) is 3.88. The maximum Gasteiger partial charge on any atom is 0.254 e. The zero-order valence-electron chi connectivity index (χ0n) is 17.9. The Labute approximate surface area is 186 Å². The van der Waals surface area contributed by atoms with Crippen molar-refractivity contribution in [2.75, 3.05) is 25.0 Å². The van der Waals surface area contributed by atoms with E-state index >= 15 is 0 Å². The van der Waals surface area contributed by atoms with Gasteiger partial charge in [0.05, 0.1) is 30.2 Å². The summed E-state index contributed by atoms with van der Waals surface area (Å²) in [5, 5.41) is 9.96. The molecule has 1 aliphatic heterocycles. The molecule has 32 heavy (non-hydrogen) atoms. The number of hydrogen-bond acceptors (Lipinski definition) is 4. The smallest absolute Gasteiger partial charge is 0.254 e. The summed E-state index contributed by atoms with van der Waals surface area (Å²) >= 11 is 0. The highest BCUT2D eigenvalue weighted by molar-refractivity contribution is 5.95. The molecule has 1 aromatic heterocycles. The van der Waals surface area contributed by atoms with Gasteiger partial charge in [0, 0.05) is 31.6 Å². The number of nitrogens with one attached hydrogen (secondary N) is 2. The monoisotopic (exact) mass is 431 g/mol. The minimum atomic E-state index is -0.123. The molecule has 0 radical (unpaired) electrons. The first-order valence-corrected chi connectivity index (χ1v) is 10.5. The first kappa shape index (κ1) is 21.3. The Balaban J connectivity index is 1.43. The normalized spacial score (nSPS) is 13.9. The van der Waals surface area contributed by atoms with E-state index in [-0.39, 0.29) is 24.1 Å². The van der Waals surface area contributed by atoms with E-state index in [2.05, 4.69) is 15.7 Å². The van der Waals surface area contributed by atoms with Gasteiger partial charge in [-0.3, -0.25) is 14.4 Å². The lowest BCUT2D eigenvalue weighted by Crippen LogP contribution is -2.34. The molecule has 164 valence electrons. The molecule has 0 bridgehead atoms. The van der Waals surface area contributed by atoms with Gasteiger partial charge >= 0.3 is 0 Å². The third-order valence-electron chi connectivity index (χ3n) is 5.27. The first-order chi connectivity index (χ1) is 15.5. The zero-order valence-corrected chi connectivity index (χ0v) is 17.9. The number of aryl methyl sites for hydroxylation is 1. The largest absolute Gasteiger partial charge is 0.354 e. The lowest BCUT2D eigenvalue weighted by molar-refractivity contribution is -0.120. The van der Waals surface area contributed by atoms with Crippen molar-refractivity contribution in [3.05, 3.63) is 77.6 Å². The molecule has 3 amide bonds. The van der Waals surface area contributed by atoms with Gasteiger partial charge in [0.25, 0.3) is 5.91 Å². The lowest BCUT2D eigenvalue weighted by atomic mass is 10.1. The molecule has 2 N–H and O–H groups in total. The van der Waals surface area contributed by atoms with E-state index in [0.717, 1.165) is 11.1 Å². The van der Waals surface area contributed by atoms with Crippen molar-refractivity contribution in [3.8, 4) is 5.69 Å². The van der Waals surface area contributed by atoms with E-state index in [1.165, 1.54) is 0 Å². The maximum atomic E-state index is 12.9. The molecule has 4 rings (SSSR count). The average molecular weight is 431 g/mol. The number of aromatic nitrogens is 2. The van der Waals surface area contributed by atoms with Crippen molar-refractivity contribution in [1.29, 1.82) is 0 Å². The standard InChI is InChI=1S/C24H25N5O3/c1-17-4-2-5-18(12-17)13-23(31)27-20-15-26-29(16-20)21-7-3-6-19(14-21)24(32)28-10-8-22(30)25-9-11-28/h2-7,12,14-16H,8-11,13H2,1H3,(H,25,30)(H,27,31). The van der Waals surface area contributed by atoms with Crippen molar-refractivity contribution in [2.24, 2.45) is 0 Å². The number of carbonyl (C=O) groups excluding carboxylic acids is 3. The highest BCUT2D eigenvalue weighted by atomic mass is 16.2. The maximum absolute atomic E-state index is 12.9. The predicted octanol–water partition coefficient (Wildman–Crippen LogP) is 2.32. The Hall–Kier alpha value is -3.94. The van der Waals surface area contributed by atoms with Crippen molar-refractivity contribution in [1.82, 2.24) is 20.0 Å². The van der Waals surface area contributed by atoms with Crippen LogP contribution in [0.5, 0.6) is 0 Å². The first-order valence-electron chi connectivity index (χ1n) is 10.5. The molecule has 8 nitrogen and oxygen atoms in total. The Morgan fingerprint density at radius 2 is 1.97 bits per heavy atom. The van der Waals surface area contributed by atoms with Crippen LogP contribution in [-0.4, -0.2) is 52.0 Å². The van der Waals surface area contributed by atoms with Crippen LogP contribution in [0, 0.1) is 6.92 Å². The number of carbonyl (C=O) groups is 3. The predicted molar refractivity (Wildman–Crippen MR) is 121 cm³/mol. The van der Waals surface area contributed by atoms with Crippen LogP contribution < -0.4 is 10.6 Å². The summed E-state index contributed by atoms with van der Waals surface area (Å²) in [7, 11) is 0. The second-order valence-electron chi connectivity index (χ2n) is 7.83. The van der Waals surface area contributed by atoms with Crippen LogP contribution in [0.25, 0.3) is 5.69 Å². The molecular formula is C24H25N5O3. The van der Waals surface area contributed by atoms with Crippen molar-refractivity contribution < 1.29 is 14.4 Å². The van der Waals surface area contributed by atoms with Gasteiger partial charge in [-0.25, -0.2) is 4.68 Å². The SMILES string of the molecule is Cc1cccc(CC(=O)Nc2cnn(-c3cccc(C(=O)N4CCNC(=O)CC4)c3)c2)c1. The minimum Gasteiger partial charge on any atom is -0.354 e. The summed E-state index contributed by atoms with van der Waals surface area (Å²) in [4.78, 5) is 38.5. The Morgan fingerprint density at radius 3 is 2.81 bits per heavy atom. The van der Waals surface area contributed by atoms with E-state index in [4.69, 9.17) is 0 Å². The van der Waals surface area contributed by atoms with Crippen molar-refractivity contribution >= 4 is 23.4 Å². The Morgan fingerprint density at radius 1 is 1.12 bits per heavy atom. The van der Waals surface area contributed by atoms with Crippen LogP contribution in [0.2, 0.25) is 0 Å². The fraction of sp³-hybridized carbons (Fsp3) is 0.250. The zero-order chi connectivity index (χ0) is 22.5. The number of amides is 3. The van der Waals surface area contributed by atoms with Gasteiger partial charge in [0.15, 0.2) is 0 Å². The van der Waals surface area contributed by atoms with Gasteiger partial charge in [0.1, 0.15) is 0 Å². The molecule has 0 spiro atoms. The van der Waals surface area contributed by atoms with E-state index in [1.807, 2.05) is 37.3 Å². The van der Waals surface area contributed by atoms with E-state index in [1.54, 1.807) is 40.2 Å². The molecule has 0 unspecified atom stereocenters. The van der Waals surface area contributed by atoms with Gasteiger partial charge in [-0.2, -0.15) is 5.10 Å². The van der Waals surface area contributed by atoms with Crippen LogP contribution in [0.15, 0.2) is 60.9 Å². The molecule has 1 fully saturated rings. The second-order valence-corrected chi connectivity index (χ2v) is 7.83. The molecular weight excluding hydrogens is 406 g/mol. The van der Waals surface area contributed by atoms with Crippen LogP contribution >= 0.6 is 0 Å². The Kier molecular flexibility index (Phi) is 6.30. The van der Waals surface area contributed by atoms with E-state index < -0.39 is 0 Å². The third kappa shape index (κ3) is 5.21. The number of hydrogen-bond donors (Lipinski definition) is 2. The fourth-order valence-electron chi connectivity index (χ4n) is 3.68. The summed E-state index contributed by atoms with van der Waals surface area (Å²) < 4.78 is 1.62. The molecule has 8 heteroatoms. The highest BCUT2D eigenvalue weighted by Gasteiger charge is 2.20. The molecule has 1 saturated heterocycles. The Bertz CT molecular complexity index is 1150. The third-order valence-corrected chi connectivity index (χ3v) is 5.27. The highest BCUT2D eigenvalue weighted by Crippen LogP contribution is 2.16. The number of rotatable bonds is 5. The van der Waals surface area contributed by atoms with E-state index in [9.17, 15) is 14.4 Å². The number of nitrogens with zero attached hydrogens (tertiary/aromatic N) is 3. The molecule has 1 aliphatic rings. The number of benzene rings is 2. The van der Waals surface area contributed by atoms with Crippen LogP contribution in [-0.2, 0) is 16.0 Å². The molecule has 0 atom stereocenters. The average Bonchev–Trinajstić information content (AvgIpc) is 3.13. The van der Waals surface area contributed by atoms with E-state index in [0.29, 0.717) is 43.0 Å². The van der Waals surface area contributed by atoms with Gasteiger partial charge in [-0.15, -0.1) is 0 Å². The topological polar surface area (TPSA) is 96.3 Å². The number of anilines is 1. The van der Waals surface area contributed by atoms with Crippen molar-refractivity contribution in [3.63, 3.8) is 0 Å². The van der Waals surface area contributed by atoms with Gasteiger partial charge in [-0.1, -0.05) is 35.9 Å². The van der Waals surface area contributed by atoms with Gasteiger partial charge in [-0.05, 0) is 30.7 Å². The van der Waals surface area contributed by atoms with Gasteiger partial charge < -0.3 is 15.5 Å². The van der Waals surface area contributed by atoms with Crippen molar-refractivity contribution in [2.45, 2.75) is 19.8 Å². The summed E-state index contributed by atoms with van der Waals surface area (Å²) in [5.74, 6) is -0.284. The second kappa shape index (κ2) is 9.47. The van der Waals surface area contributed by atoms with Crippen LogP contribution in [0.3, 0.4) is 0 Å². The quantitative estimate of drug-likeness (QED) is 0.648. The summed E-state index contributed by atoms with van der Waals surface area (Å²) in [6.45, 7) is 3.32.